The minimum atomic E-state index is -4.41. The summed E-state index contributed by atoms with van der Waals surface area (Å²) in [6.45, 7) is 3.62. The first-order valence-electron chi connectivity index (χ1n) is 25.0. The van der Waals surface area contributed by atoms with E-state index < -0.39 is 26.5 Å². The highest BCUT2D eigenvalue weighted by Gasteiger charge is 2.23. The maximum Gasteiger partial charge on any atom is 0.472 e. The molecule has 0 spiro atoms. The molecule has 0 saturated heterocycles. The number of phosphoric acid groups is 1. The third kappa shape index (κ3) is 46.1. The van der Waals surface area contributed by atoms with Crippen LogP contribution in [0.1, 0.15) is 264 Å². The van der Waals surface area contributed by atoms with Crippen LogP contribution in [0.15, 0.2) is 0 Å². The van der Waals surface area contributed by atoms with Gasteiger partial charge in [-0.3, -0.25) is 18.6 Å². The number of esters is 1. The zero-order valence-electron chi connectivity index (χ0n) is 38.3. The molecule has 346 valence electrons. The van der Waals surface area contributed by atoms with Gasteiger partial charge in [0, 0.05) is 19.4 Å². The Morgan fingerprint density at radius 1 is 0.466 bits per heavy atom. The van der Waals surface area contributed by atoms with Crippen molar-refractivity contribution in [2.75, 3.05) is 26.4 Å². The van der Waals surface area contributed by atoms with Crippen molar-refractivity contribution in [1.82, 2.24) is 5.32 Å². The number of ether oxygens (including phenoxy) is 1. The van der Waals surface area contributed by atoms with E-state index in [2.05, 4.69) is 19.2 Å². The highest BCUT2D eigenvalue weighted by Crippen LogP contribution is 2.42. The molecule has 0 rings (SSSR count). The Labute approximate surface area is 358 Å². The summed E-state index contributed by atoms with van der Waals surface area (Å²) >= 11 is 0. The van der Waals surface area contributed by atoms with E-state index in [1.54, 1.807) is 0 Å². The average molecular weight is 846 g/mol. The normalized spacial score (nSPS) is 13.1. The van der Waals surface area contributed by atoms with E-state index in [-0.39, 0.29) is 25.7 Å². The van der Waals surface area contributed by atoms with Gasteiger partial charge in [-0.25, -0.2) is 4.57 Å². The van der Waals surface area contributed by atoms with Crippen molar-refractivity contribution in [2.45, 2.75) is 270 Å². The Balaban J connectivity index is 3.49. The Morgan fingerprint density at radius 2 is 0.776 bits per heavy atom. The molecular weight excluding hydrogens is 750 g/mol. The predicted octanol–water partition coefficient (Wildman–Crippen LogP) is 14.4. The Kier molecular flexibility index (Phi) is 44.8. The first-order valence-corrected chi connectivity index (χ1v) is 26.5. The zero-order valence-corrected chi connectivity index (χ0v) is 39.2. The minimum absolute atomic E-state index is 0.0884. The fourth-order valence-corrected chi connectivity index (χ4v) is 8.26. The fourth-order valence-electron chi connectivity index (χ4n) is 7.50. The summed E-state index contributed by atoms with van der Waals surface area (Å²) in [6, 6.07) is 0. The lowest BCUT2D eigenvalue weighted by Crippen LogP contribution is -2.27. The van der Waals surface area contributed by atoms with Gasteiger partial charge in [0.25, 0.3) is 0 Å². The number of hydrogen-bond donors (Lipinski definition) is 3. The number of amides is 1. The van der Waals surface area contributed by atoms with Gasteiger partial charge in [0.15, 0.2) is 0 Å². The number of carbonyl (C=O) groups excluding carboxylic acids is 2. The molecule has 9 nitrogen and oxygen atoms in total. The van der Waals surface area contributed by atoms with E-state index in [0.717, 1.165) is 38.5 Å². The van der Waals surface area contributed by atoms with E-state index in [1.165, 1.54) is 199 Å². The van der Waals surface area contributed by atoms with Gasteiger partial charge in [-0.15, -0.1) is 0 Å². The second kappa shape index (κ2) is 45.5. The molecule has 0 aromatic heterocycles. The highest BCUT2D eigenvalue weighted by molar-refractivity contribution is 7.47. The first kappa shape index (κ1) is 57.0. The van der Waals surface area contributed by atoms with Crippen LogP contribution in [0.25, 0.3) is 0 Å². The molecule has 0 radical (unpaired) electrons. The molecule has 1 amide bonds. The molecule has 10 heteroatoms. The third-order valence-corrected chi connectivity index (χ3v) is 12.3. The van der Waals surface area contributed by atoms with Crippen molar-refractivity contribution in [2.24, 2.45) is 0 Å². The average Bonchev–Trinajstić information content (AvgIpc) is 3.21. The predicted molar refractivity (Wildman–Crippen MR) is 243 cm³/mol. The number of unbranched alkanes of at least 4 members (excludes halogenated alkanes) is 35. The van der Waals surface area contributed by atoms with E-state index in [0.29, 0.717) is 12.8 Å². The van der Waals surface area contributed by atoms with E-state index in [4.69, 9.17) is 13.8 Å². The molecule has 0 saturated carbocycles. The van der Waals surface area contributed by atoms with Crippen LogP contribution < -0.4 is 5.32 Å². The van der Waals surface area contributed by atoms with E-state index >= 15 is 0 Å². The van der Waals surface area contributed by atoms with Crippen LogP contribution in [0.2, 0.25) is 0 Å². The minimum Gasteiger partial charge on any atom is -0.463 e. The summed E-state index contributed by atoms with van der Waals surface area (Å²) in [5.41, 5.74) is 0. The van der Waals surface area contributed by atoms with Gasteiger partial charge in [0.1, 0.15) is 12.7 Å². The van der Waals surface area contributed by atoms with Crippen molar-refractivity contribution in [1.29, 1.82) is 0 Å². The number of rotatable bonds is 48. The van der Waals surface area contributed by atoms with Crippen LogP contribution in [0.5, 0.6) is 0 Å². The lowest BCUT2D eigenvalue weighted by molar-refractivity contribution is -0.147. The fraction of sp³-hybridized carbons (Fsp3) is 0.958. The van der Waals surface area contributed by atoms with Crippen molar-refractivity contribution in [3.63, 3.8) is 0 Å². The maximum absolute atomic E-state index is 12.1. The van der Waals surface area contributed by atoms with Crippen LogP contribution in [-0.4, -0.2) is 54.3 Å². The summed E-state index contributed by atoms with van der Waals surface area (Å²) in [5.74, 6) is -0.500. The Bertz CT molecular complexity index is 922. The zero-order chi connectivity index (χ0) is 42.5. The van der Waals surface area contributed by atoms with E-state index in [9.17, 15) is 24.2 Å². The number of aliphatic hydroxyl groups is 1. The van der Waals surface area contributed by atoms with Gasteiger partial charge in [-0.1, -0.05) is 239 Å². The SMILES string of the molecule is CCCCCCCCCCCCCCCCCCCCCCCCCC(=O)OCC(O)COP(=O)(O)OCCNC(=O)CCCCCCCCCCCCCCCC. The molecule has 0 heterocycles. The maximum atomic E-state index is 12.1. The number of carbonyl (C=O) groups is 2. The van der Waals surface area contributed by atoms with Gasteiger partial charge in [-0.2, -0.15) is 0 Å². The molecule has 58 heavy (non-hydrogen) atoms. The quantitative estimate of drug-likeness (QED) is 0.0313. The number of phosphoric ester groups is 1. The summed E-state index contributed by atoms with van der Waals surface area (Å²) in [4.78, 5) is 34.0. The van der Waals surface area contributed by atoms with Gasteiger partial charge in [0.05, 0.1) is 13.2 Å². The number of aliphatic hydroxyl groups excluding tert-OH is 1. The molecule has 0 aliphatic carbocycles. The van der Waals surface area contributed by atoms with Crippen LogP contribution in [-0.2, 0) is 27.9 Å². The van der Waals surface area contributed by atoms with Crippen molar-refractivity contribution >= 4 is 19.7 Å². The second-order valence-electron chi connectivity index (χ2n) is 17.2. The lowest BCUT2D eigenvalue weighted by Gasteiger charge is -2.15. The number of nitrogens with one attached hydrogen (secondary N) is 1. The number of hydrogen-bond acceptors (Lipinski definition) is 7. The van der Waals surface area contributed by atoms with Crippen molar-refractivity contribution in [3.8, 4) is 0 Å². The molecule has 0 fully saturated rings. The Hall–Kier alpha value is -0.990. The van der Waals surface area contributed by atoms with Gasteiger partial charge in [0.2, 0.25) is 5.91 Å². The van der Waals surface area contributed by atoms with Gasteiger partial charge in [-0.05, 0) is 12.8 Å². The third-order valence-electron chi connectivity index (χ3n) is 11.3. The summed E-state index contributed by atoms with van der Waals surface area (Å²) in [6.07, 6.45) is 47.6. The topological polar surface area (TPSA) is 131 Å². The van der Waals surface area contributed by atoms with Crippen LogP contribution >= 0.6 is 7.82 Å². The standard InChI is InChI=1S/C48H96NO8P/c1-3-5-7-9-11-13-15-17-19-20-21-22-23-24-25-26-27-29-31-33-35-37-39-41-48(52)55-44-46(50)45-57-58(53,54)56-43-42-49-47(51)40-38-36-34-32-30-28-18-16-14-12-10-8-6-4-2/h46,50H,3-45H2,1-2H3,(H,49,51)(H,53,54). The smallest absolute Gasteiger partial charge is 0.463 e. The second-order valence-corrected chi connectivity index (χ2v) is 18.6. The van der Waals surface area contributed by atoms with Crippen LogP contribution in [0, 0.1) is 0 Å². The summed E-state index contributed by atoms with van der Waals surface area (Å²) in [7, 11) is -4.41. The van der Waals surface area contributed by atoms with Crippen molar-refractivity contribution in [3.05, 3.63) is 0 Å². The first-order chi connectivity index (χ1) is 28.3. The highest BCUT2D eigenvalue weighted by atomic mass is 31.2. The largest absolute Gasteiger partial charge is 0.472 e. The molecule has 0 aromatic carbocycles. The molecule has 0 aromatic rings. The summed E-state index contributed by atoms with van der Waals surface area (Å²) < 4.78 is 27.0. The van der Waals surface area contributed by atoms with Crippen LogP contribution in [0.4, 0.5) is 0 Å². The van der Waals surface area contributed by atoms with Gasteiger partial charge >= 0.3 is 13.8 Å². The van der Waals surface area contributed by atoms with Crippen molar-refractivity contribution < 1.29 is 37.9 Å². The molecule has 0 aliphatic rings. The molecule has 3 N–H and O–H groups in total. The van der Waals surface area contributed by atoms with Crippen LogP contribution in [0.3, 0.4) is 0 Å². The monoisotopic (exact) mass is 846 g/mol. The summed E-state index contributed by atoms with van der Waals surface area (Å²) in [5, 5.41) is 12.7. The molecule has 0 aliphatic heterocycles. The molecular formula is C48H96NO8P. The van der Waals surface area contributed by atoms with E-state index in [1.807, 2.05) is 0 Å². The molecule has 2 unspecified atom stereocenters. The molecule has 0 bridgehead atoms. The Morgan fingerprint density at radius 3 is 1.12 bits per heavy atom. The molecule has 2 atom stereocenters. The lowest BCUT2D eigenvalue weighted by atomic mass is 10.0. The van der Waals surface area contributed by atoms with Gasteiger partial charge < -0.3 is 20.1 Å².